The highest BCUT2D eigenvalue weighted by molar-refractivity contribution is 5.95. The quantitative estimate of drug-likeness (QED) is 0.828. The van der Waals surface area contributed by atoms with E-state index in [1.54, 1.807) is 13.0 Å². The van der Waals surface area contributed by atoms with Crippen molar-refractivity contribution in [3.63, 3.8) is 0 Å². The van der Waals surface area contributed by atoms with Crippen LogP contribution in [-0.4, -0.2) is 28.2 Å². The number of hydrogen-bond acceptors (Lipinski definition) is 4. The number of nitrogens with one attached hydrogen (secondary N) is 1. The van der Waals surface area contributed by atoms with Crippen molar-refractivity contribution in [2.75, 3.05) is 6.54 Å². The normalized spacial score (nSPS) is 14.5. The minimum Gasteiger partial charge on any atom is -0.469 e. The van der Waals surface area contributed by atoms with Crippen LogP contribution in [0, 0.1) is 19.8 Å². The molecule has 1 aliphatic rings. The summed E-state index contributed by atoms with van der Waals surface area (Å²) in [6.45, 7) is 9.70. The highest BCUT2D eigenvalue weighted by atomic mass is 16.3. The van der Waals surface area contributed by atoms with E-state index in [2.05, 4.69) is 24.1 Å². The first-order valence-electron chi connectivity index (χ1n) is 9.97. The van der Waals surface area contributed by atoms with Gasteiger partial charge in [0.1, 0.15) is 5.76 Å². The maximum atomic E-state index is 12.5. The molecule has 6 nitrogen and oxygen atoms in total. The van der Waals surface area contributed by atoms with E-state index >= 15 is 0 Å². The van der Waals surface area contributed by atoms with E-state index in [0.29, 0.717) is 43.3 Å². The third-order valence-corrected chi connectivity index (χ3v) is 5.70. The molecule has 0 saturated carbocycles. The predicted molar refractivity (Wildman–Crippen MR) is 107 cm³/mol. The summed E-state index contributed by atoms with van der Waals surface area (Å²) in [5.41, 5.74) is 4.82. The van der Waals surface area contributed by atoms with Crippen molar-refractivity contribution in [3.05, 3.63) is 52.2 Å². The second-order valence-corrected chi connectivity index (χ2v) is 7.68. The largest absolute Gasteiger partial charge is 0.469 e. The van der Waals surface area contributed by atoms with Crippen LogP contribution in [0.2, 0.25) is 0 Å². The number of rotatable bonds is 6. The highest BCUT2D eigenvalue weighted by Crippen LogP contribution is 2.25. The molecule has 0 aliphatic carbocycles. The molecular formula is C22H29N3O3. The average molecular weight is 383 g/mol. The van der Waals surface area contributed by atoms with Gasteiger partial charge in [-0.1, -0.05) is 20.3 Å². The van der Waals surface area contributed by atoms with Crippen molar-refractivity contribution < 1.29 is 14.0 Å². The highest BCUT2D eigenvalue weighted by Gasteiger charge is 2.25. The van der Waals surface area contributed by atoms with Gasteiger partial charge in [0.15, 0.2) is 0 Å². The first-order chi connectivity index (χ1) is 13.4. The molecule has 0 fully saturated rings. The van der Waals surface area contributed by atoms with Gasteiger partial charge in [0.05, 0.1) is 11.8 Å². The number of carbonyl (C=O) groups excluding carboxylic acids is 2. The van der Waals surface area contributed by atoms with Gasteiger partial charge >= 0.3 is 0 Å². The lowest BCUT2D eigenvalue weighted by atomic mass is 9.94. The van der Waals surface area contributed by atoms with E-state index in [4.69, 9.17) is 4.42 Å². The van der Waals surface area contributed by atoms with Gasteiger partial charge in [-0.2, -0.15) is 0 Å². The predicted octanol–water partition coefficient (Wildman–Crippen LogP) is 3.54. The molecule has 1 N–H and O–H groups in total. The van der Waals surface area contributed by atoms with Crippen molar-refractivity contribution >= 4 is 11.8 Å². The first kappa shape index (κ1) is 20.1. The maximum Gasteiger partial charge on any atom is 0.255 e. The summed E-state index contributed by atoms with van der Waals surface area (Å²) in [5.74, 6) is 1.08. The number of aromatic nitrogens is 1. The Hall–Kier alpha value is -2.63. The van der Waals surface area contributed by atoms with Gasteiger partial charge in [-0.05, 0) is 48.9 Å². The molecule has 28 heavy (non-hydrogen) atoms. The number of furan rings is 1. The van der Waals surface area contributed by atoms with Crippen LogP contribution in [0.4, 0.5) is 0 Å². The average Bonchev–Trinajstić information content (AvgIpc) is 3.12. The fourth-order valence-corrected chi connectivity index (χ4v) is 3.63. The number of aryl methyl sites for hydroxylation is 2. The van der Waals surface area contributed by atoms with Crippen molar-refractivity contribution in [1.82, 2.24) is 15.2 Å². The molecule has 2 amide bonds. The molecule has 150 valence electrons. The summed E-state index contributed by atoms with van der Waals surface area (Å²) < 4.78 is 5.21. The lowest BCUT2D eigenvalue weighted by Gasteiger charge is -2.31. The summed E-state index contributed by atoms with van der Waals surface area (Å²) in [6.07, 6.45) is 5.79. The lowest BCUT2D eigenvalue weighted by Crippen LogP contribution is -2.37. The third kappa shape index (κ3) is 4.26. The van der Waals surface area contributed by atoms with E-state index in [1.165, 1.54) is 11.8 Å². The fourth-order valence-electron chi connectivity index (χ4n) is 3.63. The van der Waals surface area contributed by atoms with Crippen LogP contribution in [0.5, 0.6) is 0 Å². The minimum atomic E-state index is -0.149. The lowest BCUT2D eigenvalue weighted by molar-refractivity contribution is -0.133. The number of pyridine rings is 1. The Bertz CT molecular complexity index is 872. The molecule has 1 atom stereocenters. The summed E-state index contributed by atoms with van der Waals surface area (Å²) >= 11 is 0. The van der Waals surface area contributed by atoms with Crippen LogP contribution in [0.15, 0.2) is 22.9 Å². The number of nitrogens with zero attached hydrogens (tertiary/aromatic N) is 2. The summed E-state index contributed by atoms with van der Waals surface area (Å²) in [4.78, 5) is 31.4. The Morgan fingerprint density at radius 1 is 1.36 bits per heavy atom. The second-order valence-electron chi connectivity index (χ2n) is 7.68. The molecule has 2 aromatic rings. The second kappa shape index (κ2) is 8.59. The van der Waals surface area contributed by atoms with Gasteiger partial charge < -0.3 is 14.6 Å². The standard InChI is InChI=1S/C22H29N3O3/c1-5-14(2)10-21(26)25-8-6-19-17(13-25)11-23-15(3)20(19)12-24-22(27)18-7-9-28-16(18)4/h7,9,11,14H,5-6,8,10,12-13H2,1-4H3,(H,24,27)/t14-/m1/s1. The van der Waals surface area contributed by atoms with Gasteiger partial charge in [-0.15, -0.1) is 0 Å². The van der Waals surface area contributed by atoms with Crippen molar-refractivity contribution in [1.29, 1.82) is 0 Å². The molecule has 0 radical (unpaired) electrons. The monoisotopic (exact) mass is 383 g/mol. The van der Waals surface area contributed by atoms with E-state index in [0.717, 1.165) is 29.7 Å². The molecule has 0 unspecified atom stereocenters. The third-order valence-electron chi connectivity index (χ3n) is 5.70. The van der Waals surface area contributed by atoms with Gasteiger partial charge in [0, 0.05) is 37.9 Å². The molecule has 0 bridgehead atoms. The van der Waals surface area contributed by atoms with Crippen LogP contribution in [0.1, 0.15) is 65.2 Å². The van der Waals surface area contributed by atoms with E-state index < -0.39 is 0 Å². The number of hydrogen-bond donors (Lipinski definition) is 1. The van der Waals surface area contributed by atoms with E-state index in [9.17, 15) is 9.59 Å². The number of amides is 2. The van der Waals surface area contributed by atoms with Gasteiger partial charge in [-0.3, -0.25) is 14.6 Å². The molecular weight excluding hydrogens is 354 g/mol. The van der Waals surface area contributed by atoms with Crippen LogP contribution in [0.25, 0.3) is 0 Å². The van der Waals surface area contributed by atoms with Crippen molar-refractivity contribution in [2.45, 2.75) is 60.0 Å². The molecule has 0 spiro atoms. The Morgan fingerprint density at radius 2 is 2.14 bits per heavy atom. The van der Waals surface area contributed by atoms with Gasteiger partial charge in [0.25, 0.3) is 5.91 Å². The topological polar surface area (TPSA) is 75.4 Å². The fraction of sp³-hybridized carbons (Fsp3) is 0.500. The Kier molecular flexibility index (Phi) is 6.17. The molecule has 0 aromatic carbocycles. The van der Waals surface area contributed by atoms with E-state index in [1.807, 2.05) is 18.0 Å². The first-order valence-corrected chi connectivity index (χ1v) is 9.97. The molecule has 1 aliphatic heterocycles. The van der Waals surface area contributed by atoms with Crippen LogP contribution in [-0.2, 0) is 24.3 Å². The SMILES string of the molecule is CC[C@@H](C)CC(=O)N1CCc2c(cnc(C)c2CNC(=O)c2ccoc2C)C1. The van der Waals surface area contributed by atoms with Gasteiger partial charge in [0.2, 0.25) is 5.91 Å². The Balaban J connectivity index is 1.72. The molecule has 6 heteroatoms. The number of carbonyl (C=O) groups is 2. The Morgan fingerprint density at radius 3 is 2.82 bits per heavy atom. The summed E-state index contributed by atoms with van der Waals surface area (Å²) in [5, 5.41) is 2.98. The smallest absolute Gasteiger partial charge is 0.255 e. The van der Waals surface area contributed by atoms with Crippen molar-refractivity contribution in [3.8, 4) is 0 Å². The summed E-state index contributed by atoms with van der Waals surface area (Å²) in [7, 11) is 0. The van der Waals surface area contributed by atoms with Gasteiger partial charge in [-0.25, -0.2) is 0 Å². The van der Waals surface area contributed by atoms with Crippen LogP contribution in [0.3, 0.4) is 0 Å². The Labute approximate surface area is 166 Å². The molecule has 3 rings (SSSR count). The summed E-state index contributed by atoms with van der Waals surface area (Å²) in [6, 6.07) is 1.68. The molecule has 0 saturated heterocycles. The molecule has 2 aromatic heterocycles. The van der Waals surface area contributed by atoms with Crippen LogP contribution >= 0.6 is 0 Å². The minimum absolute atomic E-state index is 0.149. The zero-order valence-corrected chi connectivity index (χ0v) is 17.2. The molecule has 3 heterocycles. The zero-order chi connectivity index (χ0) is 20.3. The number of fused-ring (bicyclic) bond motifs is 1. The van der Waals surface area contributed by atoms with Crippen LogP contribution < -0.4 is 5.32 Å². The zero-order valence-electron chi connectivity index (χ0n) is 17.2. The van der Waals surface area contributed by atoms with E-state index in [-0.39, 0.29) is 11.8 Å². The maximum absolute atomic E-state index is 12.5. The van der Waals surface area contributed by atoms with Crippen molar-refractivity contribution in [2.24, 2.45) is 5.92 Å².